The highest BCUT2D eigenvalue weighted by atomic mass is 15.4. The molecule has 4 heteroatoms. The van der Waals surface area contributed by atoms with E-state index in [1.165, 1.54) is 5.56 Å². The zero-order valence-electron chi connectivity index (χ0n) is 10.2. The summed E-state index contributed by atoms with van der Waals surface area (Å²) in [6.07, 6.45) is 0. The lowest BCUT2D eigenvalue weighted by Gasteiger charge is -2.06. The number of aromatic nitrogens is 3. The number of rotatable bonds is 3. The molecule has 0 aliphatic carbocycles. The summed E-state index contributed by atoms with van der Waals surface area (Å²) in [5.41, 5.74) is 4.27. The zero-order chi connectivity index (χ0) is 12.4. The third-order valence-corrected chi connectivity index (χ3v) is 2.88. The van der Waals surface area contributed by atoms with Crippen LogP contribution in [-0.4, -0.2) is 15.0 Å². The summed E-state index contributed by atoms with van der Waals surface area (Å²) in [6, 6.07) is 16.2. The van der Waals surface area contributed by atoms with Crippen molar-refractivity contribution in [2.45, 2.75) is 13.6 Å². The van der Waals surface area contributed by atoms with Gasteiger partial charge in [0, 0.05) is 5.69 Å². The average Bonchev–Trinajstić information content (AvgIpc) is 2.80. The first-order chi connectivity index (χ1) is 8.83. The highest BCUT2D eigenvalue weighted by Crippen LogP contribution is 2.13. The van der Waals surface area contributed by atoms with Gasteiger partial charge >= 0.3 is 0 Å². The van der Waals surface area contributed by atoms with Crippen molar-refractivity contribution in [2.24, 2.45) is 0 Å². The van der Waals surface area contributed by atoms with E-state index in [2.05, 4.69) is 28.6 Å². The summed E-state index contributed by atoms with van der Waals surface area (Å²) in [7, 11) is 0. The SMILES string of the molecule is Cc1ccc2nnn(CNc3ccccc3)c2c1. The van der Waals surface area contributed by atoms with E-state index in [1.54, 1.807) is 0 Å². The average molecular weight is 238 g/mol. The minimum absolute atomic E-state index is 0.615. The first-order valence-electron chi connectivity index (χ1n) is 5.92. The molecule has 0 amide bonds. The Morgan fingerprint density at radius 3 is 2.78 bits per heavy atom. The fourth-order valence-electron chi connectivity index (χ4n) is 1.91. The van der Waals surface area contributed by atoms with Crippen LogP contribution in [0.2, 0.25) is 0 Å². The number of nitrogens with one attached hydrogen (secondary N) is 1. The van der Waals surface area contributed by atoms with Gasteiger partial charge in [-0.15, -0.1) is 5.10 Å². The van der Waals surface area contributed by atoms with Gasteiger partial charge in [-0.2, -0.15) is 0 Å². The van der Waals surface area contributed by atoms with Gasteiger partial charge in [-0.05, 0) is 36.8 Å². The van der Waals surface area contributed by atoms with Crippen molar-refractivity contribution in [2.75, 3.05) is 5.32 Å². The minimum atomic E-state index is 0.615. The number of fused-ring (bicyclic) bond motifs is 1. The molecule has 1 heterocycles. The number of hydrogen-bond donors (Lipinski definition) is 1. The number of anilines is 1. The molecule has 0 radical (unpaired) electrons. The second kappa shape index (κ2) is 4.49. The molecule has 1 N–H and O–H groups in total. The van der Waals surface area contributed by atoms with E-state index in [-0.39, 0.29) is 0 Å². The van der Waals surface area contributed by atoms with Crippen LogP contribution < -0.4 is 5.32 Å². The maximum Gasteiger partial charge on any atom is 0.113 e. The first kappa shape index (κ1) is 10.8. The lowest BCUT2D eigenvalue weighted by molar-refractivity contribution is 0.655. The molecule has 2 aromatic carbocycles. The van der Waals surface area contributed by atoms with Crippen LogP contribution in [0, 0.1) is 6.92 Å². The fraction of sp³-hybridized carbons (Fsp3) is 0.143. The van der Waals surface area contributed by atoms with E-state index in [1.807, 2.05) is 47.1 Å². The van der Waals surface area contributed by atoms with Crippen LogP contribution >= 0.6 is 0 Å². The fourth-order valence-corrected chi connectivity index (χ4v) is 1.91. The van der Waals surface area contributed by atoms with E-state index >= 15 is 0 Å². The summed E-state index contributed by atoms with van der Waals surface area (Å²) < 4.78 is 1.87. The Balaban J connectivity index is 1.85. The molecule has 0 bridgehead atoms. The quantitative estimate of drug-likeness (QED) is 0.763. The van der Waals surface area contributed by atoms with Crippen molar-refractivity contribution in [3.63, 3.8) is 0 Å². The van der Waals surface area contributed by atoms with Crippen molar-refractivity contribution >= 4 is 16.7 Å². The molecule has 4 nitrogen and oxygen atoms in total. The van der Waals surface area contributed by atoms with Crippen LogP contribution in [0.1, 0.15) is 5.56 Å². The number of hydrogen-bond acceptors (Lipinski definition) is 3. The Morgan fingerprint density at radius 1 is 1.11 bits per heavy atom. The Hall–Kier alpha value is -2.36. The Bertz CT molecular complexity index is 658. The second-order valence-electron chi connectivity index (χ2n) is 4.28. The highest BCUT2D eigenvalue weighted by Gasteiger charge is 2.03. The molecule has 0 aliphatic rings. The summed E-state index contributed by atoms with van der Waals surface area (Å²) in [5, 5.41) is 11.6. The standard InChI is InChI=1S/C14H14N4/c1-11-7-8-13-14(9-11)18(17-16-13)10-15-12-5-3-2-4-6-12/h2-9,15H,10H2,1H3. The van der Waals surface area contributed by atoms with Gasteiger partial charge in [-0.3, -0.25) is 0 Å². The van der Waals surface area contributed by atoms with E-state index in [0.29, 0.717) is 6.67 Å². The lowest BCUT2D eigenvalue weighted by atomic mass is 10.2. The van der Waals surface area contributed by atoms with Crippen molar-refractivity contribution in [1.82, 2.24) is 15.0 Å². The van der Waals surface area contributed by atoms with Crippen LogP contribution in [0.25, 0.3) is 11.0 Å². The zero-order valence-corrected chi connectivity index (χ0v) is 10.2. The van der Waals surface area contributed by atoms with Gasteiger partial charge in [0.05, 0.1) is 5.52 Å². The summed E-state index contributed by atoms with van der Waals surface area (Å²) in [4.78, 5) is 0. The molecular formula is C14H14N4. The topological polar surface area (TPSA) is 42.7 Å². The summed E-state index contributed by atoms with van der Waals surface area (Å²) >= 11 is 0. The van der Waals surface area contributed by atoms with Gasteiger partial charge in [-0.25, -0.2) is 4.68 Å². The van der Waals surface area contributed by atoms with Crippen LogP contribution in [0.4, 0.5) is 5.69 Å². The van der Waals surface area contributed by atoms with Crippen LogP contribution in [0.3, 0.4) is 0 Å². The number of nitrogens with zero attached hydrogens (tertiary/aromatic N) is 3. The predicted molar refractivity (Wildman–Crippen MR) is 72.3 cm³/mol. The largest absolute Gasteiger partial charge is 0.366 e. The molecule has 3 aromatic rings. The first-order valence-corrected chi connectivity index (χ1v) is 5.92. The van der Waals surface area contributed by atoms with Crippen molar-refractivity contribution in [1.29, 1.82) is 0 Å². The minimum Gasteiger partial charge on any atom is -0.366 e. The summed E-state index contributed by atoms with van der Waals surface area (Å²) in [5.74, 6) is 0. The van der Waals surface area contributed by atoms with E-state index in [9.17, 15) is 0 Å². The van der Waals surface area contributed by atoms with Crippen molar-refractivity contribution in [3.05, 3.63) is 54.1 Å². The third-order valence-electron chi connectivity index (χ3n) is 2.88. The normalized spacial score (nSPS) is 10.7. The molecule has 0 atom stereocenters. The monoisotopic (exact) mass is 238 g/mol. The Kier molecular flexibility index (Phi) is 2.68. The molecule has 0 fully saturated rings. The molecule has 0 saturated carbocycles. The van der Waals surface area contributed by atoms with Crippen LogP contribution in [0.5, 0.6) is 0 Å². The maximum absolute atomic E-state index is 4.16. The molecule has 90 valence electrons. The van der Waals surface area contributed by atoms with Gasteiger partial charge in [0.2, 0.25) is 0 Å². The molecule has 0 unspecified atom stereocenters. The van der Waals surface area contributed by atoms with E-state index in [4.69, 9.17) is 0 Å². The number of benzene rings is 2. The highest BCUT2D eigenvalue weighted by molar-refractivity contribution is 5.75. The summed E-state index contributed by atoms with van der Waals surface area (Å²) in [6.45, 7) is 2.69. The molecule has 0 aliphatic heterocycles. The van der Waals surface area contributed by atoms with Crippen LogP contribution in [0.15, 0.2) is 48.5 Å². The van der Waals surface area contributed by atoms with Gasteiger partial charge in [0.1, 0.15) is 12.2 Å². The molecule has 18 heavy (non-hydrogen) atoms. The second-order valence-corrected chi connectivity index (χ2v) is 4.28. The van der Waals surface area contributed by atoms with Crippen molar-refractivity contribution in [3.8, 4) is 0 Å². The maximum atomic E-state index is 4.16. The lowest BCUT2D eigenvalue weighted by Crippen LogP contribution is -2.09. The molecule has 0 saturated heterocycles. The molecular weight excluding hydrogens is 224 g/mol. The predicted octanol–water partition coefficient (Wildman–Crippen LogP) is 2.81. The van der Waals surface area contributed by atoms with Gasteiger partial charge in [-0.1, -0.05) is 29.5 Å². The third kappa shape index (κ3) is 2.05. The smallest absolute Gasteiger partial charge is 0.113 e. The molecule has 0 spiro atoms. The van der Waals surface area contributed by atoms with E-state index in [0.717, 1.165) is 16.7 Å². The molecule has 1 aromatic heterocycles. The van der Waals surface area contributed by atoms with Crippen LogP contribution in [-0.2, 0) is 6.67 Å². The Labute approximate surface area is 105 Å². The molecule has 3 rings (SSSR count). The number of para-hydroxylation sites is 1. The Morgan fingerprint density at radius 2 is 1.94 bits per heavy atom. The van der Waals surface area contributed by atoms with Gasteiger partial charge in [0.25, 0.3) is 0 Å². The van der Waals surface area contributed by atoms with Crippen molar-refractivity contribution < 1.29 is 0 Å². The number of aryl methyl sites for hydroxylation is 1. The van der Waals surface area contributed by atoms with E-state index < -0.39 is 0 Å². The van der Waals surface area contributed by atoms with Gasteiger partial charge < -0.3 is 5.32 Å². The van der Waals surface area contributed by atoms with Gasteiger partial charge in [0.15, 0.2) is 0 Å².